The second-order valence-corrected chi connectivity index (χ2v) is 6.37. The van der Waals surface area contributed by atoms with Gasteiger partial charge in [0.1, 0.15) is 0 Å². The Hall–Kier alpha value is -3.72. The summed E-state index contributed by atoms with van der Waals surface area (Å²) in [5.41, 5.74) is 3.55. The van der Waals surface area contributed by atoms with Crippen LogP contribution in [0.15, 0.2) is 101 Å². The van der Waals surface area contributed by atoms with E-state index in [4.69, 9.17) is 9.15 Å². The molecule has 0 fully saturated rings. The van der Waals surface area contributed by atoms with Gasteiger partial charge in [-0.1, -0.05) is 66.7 Å². The van der Waals surface area contributed by atoms with Crippen LogP contribution in [0.2, 0.25) is 0 Å². The highest BCUT2D eigenvalue weighted by atomic mass is 16.5. The van der Waals surface area contributed by atoms with E-state index in [0.717, 1.165) is 22.3 Å². The highest BCUT2D eigenvalue weighted by Crippen LogP contribution is 2.42. The minimum absolute atomic E-state index is 0.392. The number of carbonyl (C=O) groups is 1. The summed E-state index contributed by atoms with van der Waals surface area (Å²) in [4.78, 5) is 11.9. The molecule has 0 aliphatic heterocycles. The predicted molar refractivity (Wildman–Crippen MR) is 111 cm³/mol. The third kappa shape index (κ3) is 3.69. The maximum Gasteiger partial charge on any atom is 0.403 e. The molecular formula is C25H19O3+. The predicted octanol–water partition coefficient (Wildman–Crippen LogP) is 6.49. The molecule has 4 aromatic rings. The van der Waals surface area contributed by atoms with Gasteiger partial charge in [-0.05, 0) is 29.8 Å². The standard InChI is InChI=1S/C25H19O3/c1-18(26)27-25-22(19-11-5-2-6-12-19)17-23(20-13-7-3-8-14-20)28-24(25)21-15-9-4-10-16-21/h2-17H,1H3/q+1. The van der Waals surface area contributed by atoms with Crippen LogP contribution in [0.25, 0.3) is 33.8 Å². The lowest BCUT2D eigenvalue weighted by molar-refractivity contribution is -0.131. The first-order chi connectivity index (χ1) is 13.7. The van der Waals surface area contributed by atoms with Crippen molar-refractivity contribution >= 4 is 5.97 Å². The number of ether oxygens (including phenoxy) is 1. The number of hydrogen-bond acceptors (Lipinski definition) is 2. The number of carbonyl (C=O) groups excluding carboxylic acids is 1. The van der Waals surface area contributed by atoms with Gasteiger partial charge in [0.25, 0.3) is 0 Å². The minimum atomic E-state index is -0.392. The molecule has 28 heavy (non-hydrogen) atoms. The Morgan fingerprint density at radius 2 is 1.21 bits per heavy atom. The van der Waals surface area contributed by atoms with Crippen LogP contribution in [0, 0.1) is 0 Å². The third-order valence-corrected chi connectivity index (χ3v) is 4.36. The van der Waals surface area contributed by atoms with Crippen molar-refractivity contribution in [1.29, 1.82) is 0 Å². The summed E-state index contributed by atoms with van der Waals surface area (Å²) in [6.07, 6.45) is 0. The third-order valence-electron chi connectivity index (χ3n) is 4.36. The van der Waals surface area contributed by atoms with Gasteiger partial charge in [-0.15, -0.1) is 0 Å². The van der Waals surface area contributed by atoms with E-state index >= 15 is 0 Å². The summed E-state index contributed by atoms with van der Waals surface area (Å²) in [7, 11) is 0. The van der Waals surface area contributed by atoms with Crippen molar-refractivity contribution in [3.05, 3.63) is 97.1 Å². The van der Waals surface area contributed by atoms with E-state index < -0.39 is 5.97 Å². The molecule has 1 heterocycles. The van der Waals surface area contributed by atoms with E-state index in [2.05, 4.69) is 0 Å². The topological polar surface area (TPSA) is 37.6 Å². The van der Waals surface area contributed by atoms with Gasteiger partial charge in [-0.25, -0.2) is 4.42 Å². The summed E-state index contributed by atoms with van der Waals surface area (Å²) in [6.45, 7) is 1.40. The monoisotopic (exact) mass is 367 g/mol. The van der Waals surface area contributed by atoms with Crippen LogP contribution < -0.4 is 4.74 Å². The molecule has 3 nitrogen and oxygen atoms in total. The van der Waals surface area contributed by atoms with E-state index in [-0.39, 0.29) is 0 Å². The Bertz CT molecular complexity index is 1030. The van der Waals surface area contributed by atoms with Gasteiger partial charge in [0.15, 0.2) is 0 Å². The quantitative estimate of drug-likeness (QED) is 0.306. The summed E-state index contributed by atoms with van der Waals surface area (Å²) < 4.78 is 11.9. The Labute approximate surface area is 163 Å². The van der Waals surface area contributed by atoms with Gasteiger partial charge in [-0.2, -0.15) is 0 Å². The Morgan fingerprint density at radius 3 is 1.75 bits per heavy atom. The van der Waals surface area contributed by atoms with Gasteiger partial charge in [0.2, 0.25) is 5.75 Å². The van der Waals surface area contributed by atoms with E-state index in [1.165, 1.54) is 6.92 Å². The van der Waals surface area contributed by atoms with Crippen molar-refractivity contribution in [2.75, 3.05) is 0 Å². The molecule has 0 aliphatic carbocycles. The molecule has 0 saturated heterocycles. The summed E-state index contributed by atoms with van der Waals surface area (Å²) >= 11 is 0. The molecule has 0 N–H and O–H groups in total. The average molecular weight is 367 g/mol. The molecule has 3 aromatic carbocycles. The van der Waals surface area contributed by atoms with E-state index in [0.29, 0.717) is 17.3 Å². The fraction of sp³-hybridized carbons (Fsp3) is 0.0400. The molecule has 3 heteroatoms. The van der Waals surface area contributed by atoms with Crippen molar-refractivity contribution < 1.29 is 13.9 Å². The van der Waals surface area contributed by atoms with Gasteiger partial charge in [0, 0.05) is 12.5 Å². The molecule has 0 spiro atoms. The zero-order valence-electron chi connectivity index (χ0n) is 15.5. The molecule has 0 radical (unpaired) electrons. The van der Waals surface area contributed by atoms with Crippen LogP contribution in [0.1, 0.15) is 6.92 Å². The molecule has 0 aliphatic rings. The van der Waals surface area contributed by atoms with E-state index in [9.17, 15) is 4.79 Å². The maximum absolute atomic E-state index is 11.9. The lowest BCUT2D eigenvalue weighted by Gasteiger charge is -2.09. The molecule has 0 atom stereocenters. The second kappa shape index (κ2) is 7.89. The molecule has 0 bridgehead atoms. The van der Waals surface area contributed by atoms with Crippen LogP contribution in [-0.4, -0.2) is 5.97 Å². The van der Waals surface area contributed by atoms with Gasteiger partial charge < -0.3 is 4.74 Å². The van der Waals surface area contributed by atoms with E-state index in [1.807, 2.05) is 97.1 Å². The van der Waals surface area contributed by atoms with Gasteiger partial charge in [0.05, 0.1) is 17.2 Å². The van der Waals surface area contributed by atoms with Crippen LogP contribution in [0.5, 0.6) is 5.75 Å². The Morgan fingerprint density at radius 1 is 0.714 bits per heavy atom. The fourth-order valence-corrected chi connectivity index (χ4v) is 3.11. The van der Waals surface area contributed by atoms with Crippen molar-refractivity contribution in [1.82, 2.24) is 0 Å². The fourth-order valence-electron chi connectivity index (χ4n) is 3.11. The van der Waals surface area contributed by atoms with Crippen molar-refractivity contribution in [2.24, 2.45) is 0 Å². The first kappa shape index (κ1) is 17.7. The first-order valence-corrected chi connectivity index (χ1v) is 9.08. The van der Waals surface area contributed by atoms with Crippen molar-refractivity contribution in [3.63, 3.8) is 0 Å². The molecule has 0 saturated carbocycles. The van der Waals surface area contributed by atoms with Crippen LogP contribution in [0.4, 0.5) is 0 Å². The SMILES string of the molecule is CC(=O)Oc1c(-c2ccccc2)cc(-c2ccccc2)[o+]c1-c1ccccc1. The summed E-state index contributed by atoms with van der Waals surface area (Å²) in [5.74, 6) is 1.26. The molecule has 1 aromatic heterocycles. The van der Waals surface area contributed by atoms with Crippen LogP contribution >= 0.6 is 0 Å². The average Bonchev–Trinajstić information content (AvgIpc) is 2.75. The van der Waals surface area contributed by atoms with E-state index in [1.54, 1.807) is 0 Å². The molecule has 0 unspecified atom stereocenters. The van der Waals surface area contributed by atoms with Crippen LogP contribution in [0.3, 0.4) is 0 Å². The van der Waals surface area contributed by atoms with Crippen LogP contribution in [-0.2, 0) is 4.79 Å². The molecule has 136 valence electrons. The Kier molecular flexibility index (Phi) is 4.98. The summed E-state index contributed by atoms with van der Waals surface area (Å²) in [5, 5.41) is 0. The molecule has 4 rings (SSSR count). The second-order valence-electron chi connectivity index (χ2n) is 6.37. The zero-order chi connectivity index (χ0) is 19.3. The lowest BCUT2D eigenvalue weighted by Crippen LogP contribution is -2.05. The highest BCUT2D eigenvalue weighted by Gasteiger charge is 2.29. The number of benzene rings is 3. The highest BCUT2D eigenvalue weighted by molar-refractivity contribution is 5.85. The normalized spacial score (nSPS) is 10.5. The van der Waals surface area contributed by atoms with Gasteiger partial charge >= 0.3 is 17.5 Å². The number of hydrogen-bond donors (Lipinski definition) is 0. The smallest absolute Gasteiger partial charge is 0.403 e. The number of rotatable bonds is 4. The zero-order valence-corrected chi connectivity index (χ0v) is 15.5. The van der Waals surface area contributed by atoms with Crippen molar-refractivity contribution in [2.45, 2.75) is 6.92 Å². The maximum atomic E-state index is 11.9. The summed E-state index contributed by atoms with van der Waals surface area (Å²) in [6, 6.07) is 31.4. The minimum Gasteiger partial charge on any atom is -0.416 e. The van der Waals surface area contributed by atoms with Crippen molar-refractivity contribution in [3.8, 4) is 39.5 Å². The molecular weight excluding hydrogens is 348 g/mol. The largest absolute Gasteiger partial charge is 0.416 e. The number of esters is 1. The molecule has 0 amide bonds. The first-order valence-electron chi connectivity index (χ1n) is 9.08. The van der Waals surface area contributed by atoms with Gasteiger partial charge in [-0.3, -0.25) is 4.79 Å². The lowest BCUT2D eigenvalue weighted by atomic mass is 10.00. The Balaban J connectivity index is 2.03.